The molecule has 0 spiro atoms. The average molecular weight is 311 g/mol. The van der Waals surface area contributed by atoms with E-state index < -0.39 is 10.0 Å². The highest BCUT2D eigenvalue weighted by Gasteiger charge is 2.20. The molecule has 0 radical (unpaired) electrons. The molecule has 120 valence electrons. The van der Waals surface area contributed by atoms with Gasteiger partial charge in [0.15, 0.2) is 0 Å². The summed E-state index contributed by atoms with van der Waals surface area (Å²) >= 11 is 0. The van der Waals surface area contributed by atoms with Crippen molar-refractivity contribution < 1.29 is 8.42 Å². The quantitative estimate of drug-likeness (QED) is 0.666. The molecule has 1 atom stereocenters. The van der Waals surface area contributed by atoms with E-state index in [1.807, 2.05) is 32.0 Å². The predicted molar refractivity (Wildman–Crippen MR) is 91.3 cm³/mol. The lowest BCUT2D eigenvalue weighted by molar-refractivity contribution is 0.563. The Kier molecular flexibility index (Phi) is 7.23. The number of nitrogens with one attached hydrogen (secondary N) is 1. The van der Waals surface area contributed by atoms with Crippen molar-refractivity contribution in [1.82, 2.24) is 0 Å². The molecule has 1 unspecified atom stereocenters. The minimum absolute atomic E-state index is 0.347. The van der Waals surface area contributed by atoms with Crippen molar-refractivity contribution in [2.45, 2.75) is 71.5 Å². The number of hydrogen-bond donors (Lipinski definition) is 1. The summed E-state index contributed by atoms with van der Waals surface area (Å²) in [6.45, 7) is 7.99. The van der Waals surface area contributed by atoms with E-state index in [2.05, 4.69) is 11.6 Å². The fourth-order valence-corrected chi connectivity index (χ4v) is 3.39. The standard InChI is InChI=1S/C17H29NO2S/c1-5-6-7-8-9-10-16(4)21(19,20)18-17-12-11-14(2)15(3)13-17/h11-13,16,18H,5-10H2,1-4H3. The Balaban J connectivity index is 2.53. The zero-order chi connectivity index (χ0) is 15.9. The third kappa shape index (κ3) is 6.08. The van der Waals surface area contributed by atoms with E-state index >= 15 is 0 Å². The summed E-state index contributed by atoms with van der Waals surface area (Å²) in [6, 6.07) is 5.66. The molecule has 0 amide bonds. The van der Waals surface area contributed by atoms with Crippen LogP contribution in [0.1, 0.15) is 63.5 Å². The first kappa shape index (κ1) is 18.0. The van der Waals surface area contributed by atoms with Gasteiger partial charge in [-0.25, -0.2) is 8.42 Å². The molecular weight excluding hydrogens is 282 g/mol. The van der Waals surface area contributed by atoms with Crippen molar-refractivity contribution in [1.29, 1.82) is 0 Å². The average Bonchev–Trinajstić information content (AvgIpc) is 2.42. The lowest BCUT2D eigenvalue weighted by atomic mass is 10.1. The molecule has 3 nitrogen and oxygen atoms in total. The summed E-state index contributed by atoms with van der Waals surface area (Å²) in [5.41, 5.74) is 2.93. The molecular formula is C17H29NO2S. The zero-order valence-corrected chi connectivity index (χ0v) is 14.6. The van der Waals surface area contributed by atoms with Crippen LogP contribution in [0.5, 0.6) is 0 Å². The van der Waals surface area contributed by atoms with Gasteiger partial charge in [0.2, 0.25) is 10.0 Å². The highest BCUT2D eigenvalue weighted by Crippen LogP contribution is 2.19. The number of rotatable bonds is 9. The summed E-state index contributed by atoms with van der Waals surface area (Å²) in [7, 11) is -3.29. The Labute approximate surface area is 130 Å². The molecule has 21 heavy (non-hydrogen) atoms. The van der Waals surface area contributed by atoms with Crippen molar-refractivity contribution in [2.75, 3.05) is 4.72 Å². The van der Waals surface area contributed by atoms with Crippen LogP contribution < -0.4 is 4.72 Å². The molecule has 0 saturated heterocycles. The van der Waals surface area contributed by atoms with Gasteiger partial charge in [0, 0.05) is 5.69 Å². The Morgan fingerprint density at radius 3 is 2.33 bits per heavy atom. The van der Waals surface area contributed by atoms with Crippen LogP contribution >= 0.6 is 0 Å². The van der Waals surface area contributed by atoms with Gasteiger partial charge < -0.3 is 0 Å². The Hall–Kier alpha value is -1.03. The van der Waals surface area contributed by atoms with Crippen LogP contribution in [0, 0.1) is 13.8 Å². The molecule has 0 heterocycles. The van der Waals surface area contributed by atoms with Crippen molar-refractivity contribution in [3.05, 3.63) is 29.3 Å². The maximum Gasteiger partial charge on any atom is 0.235 e. The van der Waals surface area contributed by atoms with Gasteiger partial charge in [0.05, 0.1) is 5.25 Å². The monoisotopic (exact) mass is 311 g/mol. The maximum atomic E-state index is 12.3. The summed E-state index contributed by atoms with van der Waals surface area (Å²) in [6.07, 6.45) is 6.48. The van der Waals surface area contributed by atoms with Crippen molar-refractivity contribution in [3.63, 3.8) is 0 Å². The first-order chi connectivity index (χ1) is 9.86. The third-order valence-corrected chi connectivity index (χ3v) is 5.83. The van der Waals surface area contributed by atoms with Gasteiger partial charge in [0.1, 0.15) is 0 Å². The van der Waals surface area contributed by atoms with Gasteiger partial charge in [-0.05, 0) is 50.5 Å². The van der Waals surface area contributed by atoms with Crippen molar-refractivity contribution >= 4 is 15.7 Å². The number of sulfonamides is 1. The number of aryl methyl sites for hydroxylation is 2. The second kappa shape index (κ2) is 8.42. The molecule has 0 aliphatic rings. The second-order valence-corrected chi connectivity index (χ2v) is 8.06. The molecule has 0 aliphatic heterocycles. The van der Waals surface area contributed by atoms with Crippen LogP contribution in [0.2, 0.25) is 0 Å². The van der Waals surface area contributed by atoms with Crippen LogP contribution in [0.4, 0.5) is 5.69 Å². The van der Waals surface area contributed by atoms with Crippen LogP contribution in [-0.2, 0) is 10.0 Å². The summed E-state index contributed by atoms with van der Waals surface area (Å²) in [5, 5.41) is -0.347. The van der Waals surface area contributed by atoms with Gasteiger partial charge >= 0.3 is 0 Å². The molecule has 0 aromatic heterocycles. The lowest BCUT2D eigenvalue weighted by Gasteiger charge is -2.15. The number of hydrogen-bond acceptors (Lipinski definition) is 2. The summed E-state index contributed by atoms with van der Waals surface area (Å²) in [5.74, 6) is 0. The van der Waals surface area contributed by atoms with Crippen molar-refractivity contribution in [3.8, 4) is 0 Å². The molecule has 0 fully saturated rings. The Morgan fingerprint density at radius 2 is 1.71 bits per heavy atom. The highest BCUT2D eigenvalue weighted by molar-refractivity contribution is 7.93. The Bertz CT molecular complexity index is 538. The SMILES string of the molecule is CCCCCCCC(C)S(=O)(=O)Nc1ccc(C)c(C)c1. The Morgan fingerprint density at radius 1 is 1.05 bits per heavy atom. The molecule has 0 aliphatic carbocycles. The van der Waals surface area contributed by atoms with Crippen LogP contribution in [-0.4, -0.2) is 13.7 Å². The largest absolute Gasteiger partial charge is 0.283 e. The molecule has 0 saturated carbocycles. The molecule has 1 N–H and O–H groups in total. The fourth-order valence-electron chi connectivity index (χ4n) is 2.26. The first-order valence-electron chi connectivity index (χ1n) is 7.95. The molecule has 1 aromatic carbocycles. The first-order valence-corrected chi connectivity index (χ1v) is 9.50. The van der Waals surface area contributed by atoms with Crippen LogP contribution in [0.15, 0.2) is 18.2 Å². The van der Waals surface area contributed by atoms with E-state index in [9.17, 15) is 8.42 Å². The minimum atomic E-state index is -3.29. The zero-order valence-electron chi connectivity index (χ0n) is 13.8. The lowest BCUT2D eigenvalue weighted by Crippen LogP contribution is -2.25. The molecule has 4 heteroatoms. The van der Waals surface area contributed by atoms with E-state index in [4.69, 9.17) is 0 Å². The van der Waals surface area contributed by atoms with Gasteiger partial charge in [-0.1, -0.05) is 45.1 Å². The van der Waals surface area contributed by atoms with Crippen LogP contribution in [0.3, 0.4) is 0 Å². The smallest absolute Gasteiger partial charge is 0.235 e. The van der Waals surface area contributed by atoms with Gasteiger partial charge in [-0.3, -0.25) is 4.72 Å². The van der Waals surface area contributed by atoms with Crippen LogP contribution in [0.25, 0.3) is 0 Å². The van der Waals surface area contributed by atoms with E-state index in [-0.39, 0.29) is 5.25 Å². The van der Waals surface area contributed by atoms with Gasteiger partial charge in [-0.2, -0.15) is 0 Å². The topological polar surface area (TPSA) is 46.2 Å². The van der Waals surface area contributed by atoms with E-state index in [1.165, 1.54) is 24.8 Å². The highest BCUT2D eigenvalue weighted by atomic mass is 32.2. The second-order valence-electron chi connectivity index (χ2n) is 5.96. The summed E-state index contributed by atoms with van der Waals surface area (Å²) < 4.78 is 27.3. The van der Waals surface area contributed by atoms with E-state index in [1.54, 1.807) is 6.92 Å². The third-order valence-electron chi connectivity index (χ3n) is 4.01. The molecule has 1 aromatic rings. The van der Waals surface area contributed by atoms with Gasteiger partial charge in [-0.15, -0.1) is 0 Å². The van der Waals surface area contributed by atoms with E-state index in [0.717, 1.165) is 24.8 Å². The number of benzene rings is 1. The molecule has 1 rings (SSSR count). The predicted octanol–water partition coefficient (Wildman–Crippen LogP) is 4.79. The fraction of sp³-hybridized carbons (Fsp3) is 0.647. The number of anilines is 1. The normalized spacial score (nSPS) is 13.1. The van der Waals surface area contributed by atoms with Crippen molar-refractivity contribution in [2.24, 2.45) is 0 Å². The molecule has 0 bridgehead atoms. The number of unbranched alkanes of at least 4 members (excludes halogenated alkanes) is 4. The maximum absolute atomic E-state index is 12.3. The minimum Gasteiger partial charge on any atom is -0.283 e. The summed E-state index contributed by atoms with van der Waals surface area (Å²) in [4.78, 5) is 0. The van der Waals surface area contributed by atoms with Gasteiger partial charge in [0.25, 0.3) is 0 Å². The van der Waals surface area contributed by atoms with E-state index in [0.29, 0.717) is 5.69 Å².